The van der Waals surface area contributed by atoms with Gasteiger partial charge in [-0.1, -0.05) is 184 Å². The van der Waals surface area contributed by atoms with Crippen molar-refractivity contribution >= 4 is 53.9 Å². The van der Waals surface area contributed by atoms with E-state index in [-0.39, 0.29) is 5.41 Å². The van der Waals surface area contributed by atoms with E-state index >= 15 is 0 Å². The van der Waals surface area contributed by atoms with Gasteiger partial charge in [-0.25, -0.2) is 0 Å². The van der Waals surface area contributed by atoms with Crippen LogP contribution in [0.3, 0.4) is 0 Å². The molecule has 0 saturated carbocycles. The third kappa shape index (κ3) is 4.36. The van der Waals surface area contributed by atoms with E-state index in [1.807, 2.05) is 0 Å². The van der Waals surface area contributed by atoms with Crippen molar-refractivity contribution in [1.82, 2.24) is 0 Å². The fourth-order valence-corrected chi connectivity index (χ4v) is 9.61. The highest BCUT2D eigenvalue weighted by Crippen LogP contribution is 2.55. The van der Waals surface area contributed by atoms with E-state index in [9.17, 15) is 0 Å². The van der Waals surface area contributed by atoms with Crippen molar-refractivity contribution < 1.29 is 0 Å². The maximum atomic E-state index is 2.45. The van der Waals surface area contributed by atoms with Crippen molar-refractivity contribution in [3.63, 3.8) is 0 Å². The highest BCUT2D eigenvalue weighted by atomic mass is 14.4. The molecule has 0 radical (unpaired) electrons. The van der Waals surface area contributed by atoms with Gasteiger partial charge in [0.1, 0.15) is 0 Å². The first-order valence-corrected chi connectivity index (χ1v) is 18.7. The molecule has 0 fully saturated rings. The molecule has 0 amide bonds. The quantitative estimate of drug-likeness (QED) is 0.129. The van der Waals surface area contributed by atoms with Crippen LogP contribution < -0.4 is 0 Å². The van der Waals surface area contributed by atoms with Crippen molar-refractivity contribution in [2.75, 3.05) is 0 Å². The van der Waals surface area contributed by atoms with Crippen LogP contribution in [0, 0.1) is 0 Å². The zero-order valence-corrected chi connectivity index (χ0v) is 29.8. The zero-order chi connectivity index (χ0) is 35.3. The molecule has 0 aliphatic heterocycles. The number of hydrogen-bond acceptors (Lipinski definition) is 0. The van der Waals surface area contributed by atoms with Gasteiger partial charge in [-0.05, 0) is 122 Å². The summed E-state index contributed by atoms with van der Waals surface area (Å²) in [6.45, 7) is 4.79. The van der Waals surface area contributed by atoms with E-state index in [4.69, 9.17) is 0 Å². The topological polar surface area (TPSA) is 0 Å². The van der Waals surface area contributed by atoms with Crippen molar-refractivity contribution in [2.45, 2.75) is 19.3 Å². The van der Waals surface area contributed by atoms with Crippen molar-refractivity contribution in [1.29, 1.82) is 0 Å². The van der Waals surface area contributed by atoms with Crippen molar-refractivity contribution in [2.24, 2.45) is 0 Å². The van der Waals surface area contributed by atoms with Crippen molar-refractivity contribution in [3.05, 3.63) is 193 Å². The Morgan fingerprint density at radius 1 is 0.302 bits per heavy atom. The van der Waals surface area contributed by atoms with Gasteiger partial charge >= 0.3 is 0 Å². The Hall–Kier alpha value is -6.50. The molecule has 11 rings (SSSR count). The summed E-state index contributed by atoms with van der Waals surface area (Å²) in [7, 11) is 0. The van der Waals surface area contributed by atoms with Crippen LogP contribution in [-0.2, 0) is 5.41 Å². The Balaban J connectivity index is 1.07. The summed E-state index contributed by atoms with van der Waals surface area (Å²) in [4.78, 5) is 0. The Kier molecular flexibility index (Phi) is 6.40. The first-order valence-electron chi connectivity index (χ1n) is 18.7. The van der Waals surface area contributed by atoms with Crippen LogP contribution in [0.25, 0.3) is 98.4 Å². The van der Waals surface area contributed by atoms with Gasteiger partial charge in [0.15, 0.2) is 0 Å². The summed E-state index contributed by atoms with van der Waals surface area (Å²) < 4.78 is 0. The Labute approximate surface area is 309 Å². The van der Waals surface area contributed by atoms with E-state index in [0.717, 1.165) is 0 Å². The van der Waals surface area contributed by atoms with Crippen LogP contribution in [0.5, 0.6) is 0 Å². The second-order valence-electron chi connectivity index (χ2n) is 15.2. The molecule has 1 aliphatic carbocycles. The lowest BCUT2D eigenvalue weighted by molar-refractivity contribution is 0.666. The summed E-state index contributed by atoms with van der Waals surface area (Å²) in [5.41, 5.74) is 13.0. The molecule has 0 nitrogen and oxygen atoms in total. The second kappa shape index (κ2) is 11.2. The van der Waals surface area contributed by atoms with Gasteiger partial charge in [0.25, 0.3) is 0 Å². The van der Waals surface area contributed by atoms with E-state index in [1.54, 1.807) is 0 Å². The average molecular weight is 673 g/mol. The molecule has 0 spiro atoms. The molecular weight excluding hydrogens is 637 g/mol. The predicted octanol–water partition coefficient (Wildman–Crippen LogP) is 14.8. The molecule has 248 valence electrons. The Morgan fingerprint density at radius 3 is 1.36 bits per heavy atom. The van der Waals surface area contributed by atoms with Crippen LogP contribution in [0.4, 0.5) is 0 Å². The van der Waals surface area contributed by atoms with Gasteiger partial charge in [-0.3, -0.25) is 0 Å². The second-order valence-corrected chi connectivity index (χ2v) is 15.2. The molecular formula is C53H36. The normalized spacial score (nSPS) is 13.2. The molecule has 0 aromatic heterocycles. The first kappa shape index (κ1) is 30.2. The minimum Gasteiger partial charge on any atom is -0.0616 e. The van der Waals surface area contributed by atoms with Crippen LogP contribution in [-0.4, -0.2) is 0 Å². The molecule has 0 saturated heterocycles. The van der Waals surface area contributed by atoms with Crippen molar-refractivity contribution in [3.8, 4) is 44.5 Å². The van der Waals surface area contributed by atoms with Gasteiger partial charge in [-0.2, -0.15) is 0 Å². The fraction of sp³-hybridized carbons (Fsp3) is 0.0566. The van der Waals surface area contributed by atoms with Gasteiger partial charge in [0.2, 0.25) is 0 Å². The highest BCUT2D eigenvalue weighted by Gasteiger charge is 2.38. The predicted molar refractivity (Wildman–Crippen MR) is 228 cm³/mol. The summed E-state index contributed by atoms with van der Waals surface area (Å²) in [6, 6.07) is 67.8. The molecule has 0 atom stereocenters. The number of rotatable bonds is 3. The first-order chi connectivity index (χ1) is 26.1. The lowest BCUT2D eigenvalue weighted by atomic mass is 9.79. The minimum absolute atomic E-state index is 0.0994. The van der Waals surface area contributed by atoms with E-state index < -0.39 is 0 Å². The number of benzene rings is 10. The van der Waals surface area contributed by atoms with E-state index in [2.05, 4.69) is 196 Å². The van der Waals surface area contributed by atoms with Crippen LogP contribution in [0.2, 0.25) is 0 Å². The third-order valence-corrected chi connectivity index (χ3v) is 12.0. The summed E-state index contributed by atoms with van der Waals surface area (Å²) in [6.07, 6.45) is 0. The lowest BCUT2D eigenvalue weighted by Gasteiger charge is -2.24. The van der Waals surface area contributed by atoms with E-state index in [1.165, 1.54) is 109 Å². The molecule has 10 aromatic carbocycles. The minimum atomic E-state index is -0.0994. The van der Waals surface area contributed by atoms with E-state index in [0.29, 0.717) is 0 Å². The van der Waals surface area contributed by atoms with Gasteiger partial charge < -0.3 is 0 Å². The van der Waals surface area contributed by atoms with Gasteiger partial charge in [0, 0.05) is 5.41 Å². The molecule has 53 heavy (non-hydrogen) atoms. The van der Waals surface area contributed by atoms with Crippen LogP contribution >= 0.6 is 0 Å². The molecule has 1 aliphatic rings. The maximum Gasteiger partial charge on any atom is 0.0165 e. The summed E-state index contributed by atoms with van der Waals surface area (Å²) in [5, 5.41) is 13.0. The maximum absolute atomic E-state index is 2.45. The molecule has 0 heteroatoms. The SMILES string of the molecule is CC1(C)c2ccc(-c3ccc(-c4c5ccccc5c(-c5ccc6ccccc6c5)c5ccccc45)cc3)cc2-c2c1c1ccccc1c1ccccc21. The molecule has 0 unspecified atom stereocenters. The zero-order valence-electron chi connectivity index (χ0n) is 29.8. The molecule has 10 aromatic rings. The average Bonchev–Trinajstić information content (AvgIpc) is 3.46. The number of hydrogen-bond donors (Lipinski definition) is 0. The largest absolute Gasteiger partial charge is 0.0616 e. The van der Waals surface area contributed by atoms with Gasteiger partial charge in [-0.15, -0.1) is 0 Å². The van der Waals surface area contributed by atoms with Crippen LogP contribution in [0.1, 0.15) is 25.0 Å². The standard InChI is InChI=1S/C53H36/c1-53(2)48-30-29-37(32-47(48)51-41-17-7-5-15-39(41)40-16-6-12-22-46(40)52(51)53)34-23-26-35(27-24-34)49-42-18-8-10-20-44(42)50(45-21-11-9-19-43(45)49)38-28-25-33-13-3-4-14-36(33)31-38/h3-32H,1-2H3. The van der Waals surface area contributed by atoms with Crippen LogP contribution in [0.15, 0.2) is 182 Å². The monoisotopic (exact) mass is 672 g/mol. The molecule has 0 bridgehead atoms. The Morgan fingerprint density at radius 2 is 0.736 bits per heavy atom. The Bertz CT molecular complexity index is 3060. The third-order valence-electron chi connectivity index (χ3n) is 12.0. The van der Waals surface area contributed by atoms with Gasteiger partial charge in [0.05, 0.1) is 0 Å². The molecule has 0 N–H and O–H groups in total. The molecule has 0 heterocycles. The number of fused-ring (bicyclic) bond motifs is 11. The highest BCUT2D eigenvalue weighted by molar-refractivity contribution is 6.22. The smallest absolute Gasteiger partial charge is 0.0165 e. The lowest BCUT2D eigenvalue weighted by Crippen LogP contribution is -2.15. The summed E-state index contributed by atoms with van der Waals surface area (Å²) >= 11 is 0. The fourth-order valence-electron chi connectivity index (χ4n) is 9.61. The summed E-state index contributed by atoms with van der Waals surface area (Å²) in [5.74, 6) is 0.